The van der Waals surface area contributed by atoms with E-state index in [0.717, 1.165) is 0 Å². The maximum absolute atomic E-state index is 10.8. The lowest BCUT2D eigenvalue weighted by Crippen LogP contribution is -1.94. The van der Waals surface area contributed by atoms with Gasteiger partial charge in [0.15, 0.2) is 5.52 Å². The minimum atomic E-state index is -0.495. The highest BCUT2D eigenvalue weighted by molar-refractivity contribution is 6.36. The number of benzene rings is 1. The molecule has 82 valence electrons. The van der Waals surface area contributed by atoms with Crippen molar-refractivity contribution in [2.75, 3.05) is 7.11 Å². The average Bonchev–Trinajstić information content (AvgIpc) is 2.27. The van der Waals surface area contributed by atoms with Crippen LogP contribution < -0.4 is 4.74 Å². The van der Waals surface area contributed by atoms with Gasteiger partial charge in [0.05, 0.1) is 22.4 Å². The normalized spacial score (nSPS) is 10.4. The third-order valence-electron chi connectivity index (χ3n) is 2.20. The molecule has 5 nitrogen and oxygen atoms in total. The second-order valence-electron chi connectivity index (χ2n) is 3.06. The van der Waals surface area contributed by atoms with Gasteiger partial charge in [-0.15, -0.1) is 0 Å². The number of nitro groups is 1. The van der Waals surface area contributed by atoms with E-state index in [1.165, 1.54) is 25.4 Å². The van der Waals surface area contributed by atoms with Crippen molar-refractivity contribution in [3.05, 3.63) is 39.5 Å². The van der Waals surface area contributed by atoms with Crippen molar-refractivity contribution in [1.82, 2.24) is 4.98 Å². The first kappa shape index (κ1) is 10.6. The summed E-state index contributed by atoms with van der Waals surface area (Å²) in [6, 6.07) is 4.43. The minimum Gasteiger partial charge on any atom is -0.496 e. The Hall–Kier alpha value is -1.88. The van der Waals surface area contributed by atoms with Crippen LogP contribution in [-0.2, 0) is 0 Å². The average molecular weight is 239 g/mol. The molecule has 16 heavy (non-hydrogen) atoms. The molecule has 0 aliphatic carbocycles. The van der Waals surface area contributed by atoms with Crippen molar-refractivity contribution in [3.63, 3.8) is 0 Å². The van der Waals surface area contributed by atoms with E-state index in [1.54, 1.807) is 6.07 Å². The van der Waals surface area contributed by atoms with Gasteiger partial charge in [0.2, 0.25) is 0 Å². The molecule has 0 saturated heterocycles. The molecule has 2 rings (SSSR count). The van der Waals surface area contributed by atoms with Crippen LogP contribution in [0.15, 0.2) is 24.4 Å². The molecule has 6 heteroatoms. The molecule has 0 bridgehead atoms. The van der Waals surface area contributed by atoms with Crippen LogP contribution in [0.25, 0.3) is 10.9 Å². The Kier molecular flexibility index (Phi) is 2.62. The summed E-state index contributed by atoms with van der Waals surface area (Å²) in [4.78, 5) is 14.3. The van der Waals surface area contributed by atoms with E-state index in [0.29, 0.717) is 16.2 Å². The highest BCUT2D eigenvalue weighted by Gasteiger charge is 2.17. The van der Waals surface area contributed by atoms with Crippen LogP contribution >= 0.6 is 11.6 Å². The third-order valence-corrected chi connectivity index (χ3v) is 2.51. The summed E-state index contributed by atoms with van der Waals surface area (Å²) in [5, 5.41) is 11.6. The molecule has 0 saturated carbocycles. The lowest BCUT2D eigenvalue weighted by molar-refractivity contribution is -0.383. The number of methoxy groups -OCH3 is 1. The molecule has 0 N–H and O–H groups in total. The van der Waals surface area contributed by atoms with Gasteiger partial charge in [0.1, 0.15) is 5.75 Å². The molecule has 2 aromatic rings. The van der Waals surface area contributed by atoms with E-state index in [-0.39, 0.29) is 11.2 Å². The minimum absolute atomic E-state index is 0.0849. The number of non-ortho nitro benzene ring substituents is 1. The largest absolute Gasteiger partial charge is 0.496 e. The molecule has 0 amide bonds. The first-order valence-electron chi connectivity index (χ1n) is 4.40. The molecule has 0 aliphatic rings. The van der Waals surface area contributed by atoms with Crippen molar-refractivity contribution >= 4 is 28.2 Å². The summed E-state index contributed by atoms with van der Waals surface area (Å²) >= 11 is 5.98. The monoisotopic (exact) mass is 238 g/mol. The van der Waals surface area contributed by atoms with Gasteiger partial charge in [-0.25, -0.2) is 4.98 Å². The third kappa shape index (κ3) is 1.55. The van der Waals surface area contributed by atoms with Crippen molar-refractivity contribution in [2.24, 2.45) is 0 Å². The van der Waals surface area contributed by atoms with Crippen molar-refractivity contribution in [2.45, 2.75) is 0 Å². The number of pyridine rings is 1. The Bertz CT molecular complexity index is 571. The van der Waals surface area contributed by atoms with E-state index >= 15 is 0 Å². The molecule has 0 atom stereocenters. The Balaban J connectivity index is 2.91. The molecule has 0 radical (unpaired) electrons. The summed E-state index contributed by atoms with van der Waals surface area (Å²) in [5.74, 6) is 0.471. The predicted octanol–water partition coefficient (Wildman–Crippen LogP) is 2.81. The van der Waals surface area contributed by atoms with E-state index < -0.39 is 4.92 Å². The molecular weight excluding hydrogens is 232 g/mol. The number of aromatic nitrogens is 1. The molecule has 1 aromatic heterocycles. The zero-order valence-electron chi connectivity index (χ0n) is 8.31. The topological polar surface area (TPSA) is 65.3 Å². The van der Waals surface area contributed by atoms with Gasteiger partial charge in [0.25, 0.3) is 5.69 Å². The quantitative estimate of drug-likeness (QED) is 0.596. The lowest BCUT2D eigenvalue weighted by atomic mass is 10.1. The number of nitro benzene ring substituents is 1. The summed E-state index contributed by atoms with van der Waals surface area (Å²) in [6.45, 7) is 0. The summed E-state index contributed by atoms with van der Waals surface area (Å²) < 4.78 is 5.10. The van der Waals surface area contributed by atoms with E-state index in [9.17, 15) is 10.1 Å². The van der Waals surface area contributed by atoms with Gasteiger partial charge in [0, 0.05) is 12.3 Å². The second kappa shape index (κ2) is 3.94. The van der Waals surface area contributed by atoms with Crippen LogP contribution in [0.5, 0.6) is 5.75 Å². The number of hydrogen-bond donors (Lipinski definition) is 0. The lowest BCUT2D eigenvalue weighted by Gasteiger charge is -2.06. The number of ether oxygens (including phenoxy) is 1. The Morgan fingerprint density at radius 1 is 1.44 bits per heavy atom. The predicted molar refractivity (Wildman–Crippen MR) is 60.0 cm³/mol. The second-order valence-corrected chi connectivity index (χ2v) is 3.47. The van der Waals surface area contributed by atoms with E-state index in [4.69, 9.17) is 16.3 Å². The SMILES string of the molecule is COc1ccc([N+](=O)[O-])c2nccc(Cl)c12. The maximum Gasteiger partial charge on any atom is 0.295 e. The first-order valence-corrected chi connectivity index (χ1v) is 4.78. The van der Waals surface area contributed by atoms with Crippen LogP contribution in [0.1, 0.15) is 0 Å². The number of fused-ring (bicyclic) bond motifs is 1. The highest BCUT2D eigenvalue weighted by atomic mass is 35.5. The van der Waals surface area contributed by atoms with Crippen molar-refractivity contribution in [3.8, 4) is 5.75 Å². The Morgan fingerprint density at radius 3 is 2.81 bits per heavy atom. The van der Waals surface area contributed by atoms with Gasteiger partial charge >= 0.3 is 0 Å². The standard InChI is InChI=1S/C10H7ClN2O3/c1-16-8-3-2-7(13(14)15)10-9(8)6(11)4-5-12-10/h2-5H,1H3. The number of nitrogens with zero attached hydrogens (tertiary/aromatic N) is 2. The Labute approximate surface area is 95.8 Å². The van der Waals surface area contributed by atoms with Crippen LogP contribution in [0.2, 0.25) is 5.02 Å². The van der Waals surface area contributed by atoms with Gasteiger partial charge in [-0.3, -0.25) is 10.1 Å². The van der Waals surface area contributed by atoms with Gasteiger partial charge in [-0.1, -0.05) is 11.6 Å². The molecule has 0 spiro atoms. The highest BCUT2D eigenvalue weighted by Crippen LogP contribution is 2.35. The van der Waals surface area contributed by atoms with Crippen LogP contribution in [0.4, 0.5) is 5.69 Å². The molecular formula is C10H7ClN2O3. The molecule has 0 fully saturated rings. The Morgan fingerprint density at radius 2 is 2.19 bits per heavy atom. The van der Waals surface area contributed by atoms with E-state index in [1.807, 2.05) is 0 Å². The van der Waals surface area contributed by atoms with Crippen molar-refractivity contribution in [1.29, 1.82) is 0 Å². The molecule has 0 unspecified atom stereocenters. The zero-order valence-corrected chi connectivity index (χ0v) is 9.06. The van der Waals surface area contributed by atoms with Crippen LogP contribution in [-0.4, -0.2) is 17.0 Å². The van der Waals surface area contributed by atoms with Crippen LogP contribution in [0, 0.1) is 10.1 Å². The molecule has 1 aromatic carbocycles. The maximum atomic E-state index is 10.8. The smallest absolute Gasteiger partial charge is 0.295 e. The van der Waals surface area contributed by atoms with Crippen LogP contribution in [0.3, 0.4) is 0 Å². The number of halogens is 1. The van der Waals surface area contributed by atoms with Crippen molar-refractivity contribution < 1.29 is 9.66 Å². The van der Waals surface area contributed by atoms with Gasteiger partial charge < -0.3 is 4.74 Å². The summed E-state index contributed by atoms with van der Waals surface area (Å²) in [5.41, 5.74) is 0.148. The van der Waals surface area contributed by atoms with Gasteiger partial charge in [-0.2, -0.15) is 0 Å². The number of rotatable bonds is 2. The number of hydrogen-bond acceptors (Lipinski definition) is 4. The zero-order chi connectivity index (χ0) is 11.7. The molecule has 1 heterocycles. The summed E-state index contributed by atoms with van der Waals surface area (Å²) in [6.07, 6.45) is 1.43. The van der Waals surface area contributed by atoms with E-state index in [2.05, 4.69) is 4.98 Å². The fourth-order valence-corrected chi connectivity index (χ4v) is 1.74. The molecule has 0 aliphatic heterocycles. The first-order chi connectivity index (χ1) is 7.65. The fourth-order valence-electron chi connectivity index (χ4n) is 1.50. The summed E-state index contributed by atoms with van der Waals surface area (Å²) in [7, 11) is 1.48. The van der Waals surface area contributed by atoms with Gasteiger partial charge in [-0.05, 0) is 12.1 Å². The fraction of sp³-hybridized carbons (Fsp3) is 0.100.